The number of aromatic nitrogens is 1. The van der Waals surface area contributed by atoms with Crippen molar-refractivity contribution in [3.8, 4) is 0 Å². The van der Waals surface area contributed by atoms with E-state index in [-0.39, 0.29) is 11.6 Å². The lowest BCUT2D eigenvalue weighted by molar-refractivity contribution is -0.00863. The third kappa shape index (κ3) is 4.03. The molecule has 4 heteroatoms. The Kier molecular flexibility index (Phi) is 5.48. The van der Waals surface area contributed by atoms with Gasteiger partial charge in [-0.05, 0) is 116 Å². The minimum absolute atomic E-state index is 0.190. The molecule has 0 amide bonds. The molecule has 2 fully saturated rings. The van der Waals surface area contributed by atoms with Gasteiger partial charge >= 0.3 is 0 Å². The van der Waals surface area contributed by atoms with Gasteiger partial charge in [0.25, 0.3) is 0 Å². The number of anilines is 1. The van der Waals surface area contributed by atoms with E-state index in [0.717, 1.165) is 35.1 Å². The zero-order valence-electron chi connectivity index (χ0n) is 18.6. The first kappa shape index (κ1) is 21.1. The van der Waals surface area contributed by atoms with E-state index in [2.05, 4.69) is 29.9 Å². The largest absolute Gasteiger partial charge is 0.359 e. The Morgan fingerprint density at radius 3 is 2.44 bits per heavy atom. The summed E-state index contributed by atoms with van der Waals surface area (Å²) in [5.41, 5.74) is 4.49. The van der Waals surface area contributed by atoms with E-state index in [9.17, 15) is 8.78 Å². The maximum Gasteiger partial charge on any atom is 0.123 e. The second kappa shape index (κ2) is 8.31. The summed E-state index contributed by atoms with van der Waals surface area (Å²) in [5, 5.41) is 4.33. The van der Waals surface area contributed by atoms with Crippen LogP contribution in [0.2, 0.25) is 0 Å². The number of fused-ring (bicyclic) bond motifs is 1. The molecule has 2 aliphatic rings. The lowest BCUT2D eigenvalue weighted by Crippen LogP contribution is -2.43. The maximum absolute atomic E-state index is 13.9. The van der Waals surface area contributed by atoms with Gasteiger partial charge in [0.2, 0.25) is 0 Å². The molecule has 0 bridgehead atoms. The summed E-state index contributed by atoms with van der Waals surface area (Å²) in [4.78, 5) is 4.41. The van der Waals surface area contributed by atoms with Gasteiger partial charge < -0.3 is 5.32 Å². The molecule has 0 saturated heterocycles. The number of rotatable bonds is 5. The Labute approximate surface area is 188 Å². The molecule has 1 spiro atoms. The standard InChI is InChI=1S/C28H30F2N2/c1-18(19(2)32-24-6-3-22(29)4-7-24)21-16-28(17-21)12-9-20(10-13-28)25-11-14-31-27-8-5-23(30)15-26(25)27/h3-8,11,14-15,18,20-21,32H,2,9-10,12-13,16-17H2,1H3. The summed E-state index contributed by atoms with van der Waals surface area (Å²) in [7, 11) is 0. The molecule has 3 aromatic rings. The molecule has 1 unspecified atom stereocenters. The fourth-order valence-corrected chi connectivity index (χ4v) is 5.97. The lowest BCUT2D eigenvalue weighted by atomic mass is 9.52. The Morgan fingerprint density at radius 1 is 1.03 bits per heavy atom. The van der Waals surface area contributed by atoms with E-state index in [1.807, 2.05) is 6.20 Å². The topological polar surface area (TPSA) is 24.9 Å². The van der Waals surface area contributed by atoms with Gasteiger partial charge in [-0.1, -0.05) is 13.5 Å². The number of nitrogens with one attached hydrogen (secondary N) is 1. The highest BCUT2D eigenvalue weighted by molar-refractivity contribution is 5.82. The highest BCUT2D eigenvalue weighted by atomic mass is 19.1. The number of pyridine rings is 1. The van der Waals surface area contributed by atoms with Crippen LogP contribution in [0.1, 0.15) is 56.9 Å². The zero-order valence-corrected chi connectivity index (χ0v) is 18.6. The van der Waals surface area contributed by atoms with Crippen LogP contribution in [0.4, 0.5) is 14.5 Å². The molecule has 0 aliphatic heterocycles. The van der Waals surface area contributed by atoms with Crippen LogP contribution >= 0.6 is 0 Å². The van der Waals surface area contributed by atoms with Crippen LogP contribution in [-0.2, 0) is 0 Å². The van der Waals surface area contributed by atoms with Crippen molar-refractivity contribution in [3.05, 3.63) is 84.2 Å². The molecule has 1 aromatic heterocycles. The van der Waals surface area contributed by atoms with Gasteiger partial charge in [0.05, 0.1) is 5.52 Å². The van der Waals surface area contributed by atoms with Crippen LogP contribution in [0.3, 0.4) is 0 Å². The molecule has 0 radical (unpaired) electrons. The summed E-state index contributed by atoms with van der Waals surface area (Å²) < 4.78 is 27.0. The van der Waals surface area contributed by atoms with E-state index < -0.39 is 0 Å². The number of hydrogen-bond acceptors (Lipinski definition) is 2. The summed E-state index contributed by atoms with van der Waals surface area (Å²) in [6.07, 6.45) is 9.14. The Morgan fingerprint density at radius 2 is 1.72 bits per heavy atom. The van der Waals surface area contributed by atoms with Crippen molar-refractivity contribution < 1.29 is 8.78 Å². The van der Waals surface area contributed by atoms with Gasteiger partial charge in [-0.2, -0.15) is 0 Å². The van der Waals surface area contributed by atoms with Gasteiger partial charge in [0, 0.05) is 23.0 Å². The van der Waals surface area contributed by atoms with E-state index in [4.69, 9.17) is 0 Å². The molecule has 2 aromatic carbocycles. The second-order valence-corrected chi connectivity index (χ2v) is 9.95. The van der Waals surface area contributed by atoms with Crippen molar-refractivity contribution in [2.24, 2.45) is 17.3 Å². The van der Waals surface area contributed by atoms with E-state index >= 15 is 0 Å². The first-order chi connectivity index (χ1) is 15.4. The van der Waals surface area contributed by atoms with Gasteiger partial charge in [0.1, 0.15) is 11.6 Å². The van der Waals surface area contributed by atoms with Crippen molar-refractivity contribution in [2.75, 3.05) is 5.32 Å². The molecule has 1 atom stereocenters. The lowest BCUT2D eigenvalue weighted by Gasteiger charge is -2.54. The minimum atomic E-state index is -0.226. The number of nitrogens with zero attached hydrogens (tertiary/aromatic N) is 1. The fraction of sp³-hybridized carbons (Fsp3) is 0.393. The molecule has 32 heavy (non-hydrogen) atoms. The van der Waals surface area contributed by atoms with Crippen LogP contribution < -0.4 is 5.32 Å². The highest BCUT2D eigenvalue weighted by Gasteiger charge is 2.48. The first-order valence-corrected chi connectivity index (χ1v) is 11.7. The van der Waals surface area contributed by atoms with Crippen LogP contribution in [0.15, 0.2) is 67.0 Å². The van der Waals surface area contributed by atoms with E-state index in [1.165, 1.54) is 49.4 Å². The van der Waals surface area contributed by atoms with Crippen molar-refractivity contribution in [2.45, 2.75) is 51.4 Å². The van der Waals surface area contributed by atoms with Gasteiger partial charge in [0.15, 0.2) is 0 Å². The highest BCUT2D eigenvalue weighted by Crippen LogP contribution is 2.59. The van der Waals surface area contributed by atoms with Crippen LogP contribution in [0.25, 0.3) is 10.9 Å². The Balaban J connectivity index is 1.18. The maximum atomic E-state index is 13.9. The van der Waals surface area contributed by atoms with Crippen molar-refractivity contribution in [1.29, 1.82) is 0 Å². The smallest absolute Gasteiger partial charge is 0.123 e. The van der Waals surface area contributed by atoms with Gasteiger partial charge in [-0.25, -0.2) is 8.78 Å². The van der Waals surface area contributed by atoms with E-state index in [1.54, 1.807) is 24.3 Å². The Bertz CT molecular complexity index is 1120. The van der Waals surface area contributed by atoms with E-state index in [0.29, 0.717) is 23.2 Å². The molecule has 1 N–H and O–H groups in total. The van der Waals surface area contributed by atoms with Gasteiger partial charge in [-0.15, -0.1) is 0 Å². The molecular weight excluding hydrogens is 402 g/mol. The molecule has 2 nitrogen and oxygen atoms in total. The third-order valence-corrected chi connectivity index (χ3v) is 8.02. The monoisotopic (exact) mass is 432 g/mol. The van der Waals surface area contributed by atoms with Crippen molar-refractivity contribution in [3.63, 3.8) is 0 Å². The van der Waals surface area contributed by atoms with Crippen LogP contribution in [0, 0.1) is 28.9 Å². The first-order valence-electron chi connectivity index (χ1n) is 11.7. The quantitative estimate of drug-likeness (QED) is 0.444. The molecule has 2 aliphatic carbocycles. The predicted octanol–water partition coefficient (Wildman–Crippen LogP) is 7.83. The molecule has 2 saturated carbocycles. The molecular formula is C28H30F2N2. The summed E-state index contributed by atoms with van der Waals surface area (Å²) in [6, 6.07) is 13.4. The fourth-order valence-electron chi connectivity index (χ4n) is 5.97. The average molecular weight is 433 g/mol. The Hall–Kier alpha value is -2.75. The van der Waals surface area contributed by atoms with Crippen molar-refractivity contribution in [1.82, 2.24) is 4.98 Å². The summed E-state index contributed by atoms with van der Waals surface area (Å²) >= 11 is 0. The number of hydrogen-bond donors (Lipinski definition) is 1. The average Bonchev–Trinajstić information content (AvgIpc) is 2.78. The SMILES string of the molecule is C=C(Nc1ccc(F)cc1)C(C)C1CC2(CCC(c3ccnc4ccc(F)cc34)CC2)C1. The van der Waals surface area contributed by atoms with Crippen LogP contribution in [0.5, 0.6) is 0 Å². The molecule has 166 valence electrons. The molecule has 5 rings (SSSR count). The third-order valence-electron chi connectivity index (χ3n) is 8.02. The number of benzene rings is 2. The van der Waals surface area contributed by atoms with Crippen LogP contribution in [-0.4, -0.2) is 4.98 Å². The predicted molar refractivity (Wildman–Crippen MR) is 126 cm³/mol. The second-order valence-electron chi connectivity index (χ2n) is 9.95. The number of allylic oxidation sites excluding steroid dienone is 1. The molecule has 1 heterocycles. The summed E-state index contributed by atoms with van der Waals surface area (Å²) in [5.74, 6) is 1.10. The summed E-state index contributed by atoms with van der Waals surface area (Å²) in [6.45, 7) is 6.50. The minimum Gasteiger partial charge on any atom is -0.359 e. The van der Waals surface area contributed by atoms with Gasteiger partial charge in [-0.3, -0.25) is 4.98 Å². The zero-order chi connectivity index (χ0) is 22.3. The normalized spacial score (nSPS) is 26.0. The number of halogens is 2. The van der Waals surface area contributed by atoms with Crippen molar-refractivity contribution >= 4 is 16.6 Å².